The van der Waals surface area contributed by atoms with Crippen molar-refractivity contribution in [3.63, 3.8) is 0 Å². The van der Waals surface area contributed by atoms with Gasteiger partial charge in [-0.2, -0.15) is 0 Å². The first-order valence-electron chi connectivity index (χ1n) is 13.5. The number of carbonyl (C=O) groups is 2. The topological polar surface area (TPSA) is 78.9 Å². The van der Waals surface area contributed by atoms with Crippen molar-refractivity contribution in [2.75, 3.05) is 43.1 Å². The molecule has 0 radical (unpaired) electrons. The summed E-state index contributed by atoms with van der Waals surface area (Å²) in [6.45, 7) is 8.01. The highest BCUT2D eigenvalue weighted by atomic mass is 35.5. The first-order chi connectivity index (χ1) is 19.1. The molecule has 3 aromatic rings. The van der Waals surface area contributed by atoms with Crippen molar-refractivity contribution in [3.8, 4) is 0 Å². The average molecular weight is 566 g/mol. The van der Waals surface area contributed by atoms with Gasteiger partial charge in [0.2, 0.25) is 0 Å². The van der Waals surface area contributed by atoms with Gasteiger partial charge in [-0.05, 0) is 62.2 Å². The highest BCUT2D eigenvalue weighted by molar-refractivity contribution is 6.30. The van der Waals surface area contributed by atoms with Crippen molar-refractivity contribution in [2.45, 2.75) is 45.1 Å². The minimum atomic E-state index is -0.472. The van der Waals surface area contributed by atoms with Gasteiger partial charge in [0.25, 0.3) is 5.91 Å². The van der Waals surface area contributed by atoms with E-state index in [1.165, 1.54) is 12.3 Å². The summed E-state index contributed by atoms with van der Waals surface area (Å²) in [6.07, 6.45) is 3.29. The van der Waals surface area contributed by atoms with E-state index < -0.39 is 11.8 Å². The lowest BCUT2D eigenvalue weighted by molar-refractivity contribution is 0.0525. The van der Waals surface area contributed by atoms with E-state index in [1.54, 1.807) is 37.3 Å². The van der Waals surface area contributed by atoms with Gasteiger partial charge >= 0.3 is 5.97 Å². The Bertz CT molecular complexity index is 1430. The fourth-order valence-electron chi connectivity index (χ4n) is 5.46. The smallest absolute Gasteiger partial charge is 0.339 e. The number of hydrogen-bond donors (Lipinski definition) is 0. The minimum absolute atomic E-state index is 0.0693. The number of carbonyl (C=O) groups excluding carboxylic acids is 2. The van der Waals surface area contributed by atoms with Gasteiger partial charge < -0.3 is 19.4 Å². The number of esters is 1. The third kappa shape index (κ3) is 5.35. The molecule has 10 heteroatoms. The van der Waals surface area contributed by atoms with Gasteiger partial charge in [-0.15, -0.1) is 0 Å². The van der Waals surface area contributed by atoms with Crippen LogP contribution in [0.3, 0.4) is 0 Å². The number of likely N-dealkylation sites (N-methyl/N-ethyl adjacent to an activating group) is 1. The second-order valence-corrected chi connectivity index (χ2v) is 11.3. The molecule has 0 aliphatic carbocycles. The van der Waals surface area contributed by atoms with E-state index in [4.69, 9.17) is 21.3 Å². The summed E-state index contributed by atoms with van der Waals surface area (Å²) in [4.78, 5) is 40.8. The number of amides is 1. The zero-order valence-electron chi connectivity index (χ0n) is 23.2. The molecule has 5 rings (SSSR count). The maximum atomic E-state index is 14.2. The molecule has 0 bridgehead atoms. The molecule has 4 heterocycles. The fourth-order valence-corrected chi connectivity index (χ4v) is 5.58. The molecule has 8 nitrogen and oxygen atoms in total. The maximum absolute atomic E-state index is 14.2. The molecular formula is C30H33ClFN5O3. The van der Waals surface area contributed by atoms with Crippen LogP contribution in [0.4, 0.5) is 21.6 Å². The van der Waals surface area contributed by atoms with Gasteiger partial charge in [-0.3, -0.25) is 4.79 Å². The van der Waals surface area contributed by atoms with E-state index in [9.17, 15) is 14.0 Å². The molecule has 40 heavy (non-hydrogen) atoms. The molecule has 1 fully saturated rings. The van der Waals surface area contributed by atoms with E-state index in [1.807, 2.05) is 22.9 Å². The lowest BCUT2D eigenvalue weighted by atomic mass is 9.91. The Morgan fingerprint density at radius 1 is 1.20 bits per heavy atom. The van der Waals surface area contributed by atoms with Crippen LogP contribution in [0.25, 0.3) is 0 Å². The van der Waals surface area contributed by atoms with Crippen LogP contribution in [0.1, 0.15) is 60.2 Å². The summed E-state index contributed by atoms with van der Waals surface area (Å²) in [6, 6.07) is 12.0. The van der Waals surface area contributed by atoms with Crippen LogP contribution in [-0.2, 0) is 10.2 Å². The standard InChI is InChI=1S/C30H33ClFN5O3/c1-5-40-29(39)19-8-13-26(33-16-19)35(4)21-7-6-14-36(17-21)28(38)24-11-12-25-27(34-24)30(2,3)18-37(25)20-9-10-22(31)23(32)15-20/h8-13,15-16,21H,5-7,14,17-18H2,1-4H3. The molecule has 0 N–H and O–H groups in total. The number of nitrogens with zero attached hydrogens (tertiary/aromatic N) is 5. The molecule has 2 aromatic heterocycles. The van der Waals surface area contributed by atoms with Crippen LogP contribution in [0.5, 0.6) is 0 Å². The molecule has 210 valence electrons. The molecule has 2 aliphatic heterocycles. The van der Waals surface area contributed by atoms with Crippen LogP contribution in [-0.4, -0.2) is 66.1 Å². The van der Waals surface area contributed by atoms with Crippen molar-refractivity contribution in [3.05, 3.63) is 76.5 Å². The van der Waals surface area contributed by atoms with Crippen molar-refractivity contribution in [1.29, 1.82) is 0 Å². The molecule has 1 unspecified atom stereocenters. The molecule has 1 aromatic carbocycles. The quantitative estimate of drug-likeness (QED) is 0.359. The Balaban J connectivity index is 1.32. The largest absolute Gasteiger partial charge is 0.462 e. The third-order valence-electron chi connectivity index (χ3n) is 7.64. The Morgan fingerprint density at radius 3 is 2.70 bits per heavy atom. The SMILES string of the molecule is CCOC(=O)c1ccc(N(C)C2CCCN(C(=O)c3ccc4c(n3)C(C)(C)CN4c3ccc(Cl)c(F)c3)C2)nc1. The van der Waals surface area contributed by atoms with Gasteiger partial charge in [-0.25, -0.2) is 19.2 Å². The fraction of sp³-hybridized carbons (Fsp3) is 0.400. The first-order valence-corrected chi connectivity index (χ1v) is 13.9. The van der Waals surface area contributed by atoms with Crippen LogP contribution < -0.4 is 9.80 Å². The Morgan fingerprint density at radius 2 is 2.00 bits per heavy atom. The summed E-state index contributed by atoms with van der Waals surface area (Å²) in [5.74, 6) is -0.256. The number of hydrogen-bond acceptors (Lipinski definition) is 7. The number of pyridine rings is 2. The molecular weight excluding hydrogens is 533 g/mol. The van der Waals surface area contributed by atoms with Crippen LogP contribution >= 0.6 is 11.6 Å². The molecule has 0 saturated carbocycles. The predicted octanol–water partition coefficient (Wildman–Crippen LogP) is 5.62. The lowest BCUT2D eigenvalue weighted by Gasteiger charge is -2.38. The predicted molar refractivity (Wildman–Crippen MR) is 153 cm³/mol. The summed E-state index contributed by atoms with van der Waals surface area (Å²) in [5.41, 5.74) is 2.83. The highest BCUT2D eigenvalue weighted by Crippen LogP contribution is 2.43. The molecule has 0 spiro atoms. The van der Waals surface area contributed by atoms with Crippen LogP contribution in [0.2, 0.25) is 5.02 Å². The van der Waals surface area contributed by atoms with Crippen molar-refractivity contribution >= 4 is 40.7 Å². The monoisotopic (exact) mass is 565 g/mol. The Labute approximate surface area is 238 Å². The number of halogens is 2. The average Bonchev–Trinajstić information content (AvgIpc) is 3.23. The number of aromatic nitrogens is 2. The van der Waals surface area contributed by atoms with Crippen LogP contribution in [0, 0.1) is 5.82 Å². The van der Waals surface area contributed by atoms with E-state index >= 15 is 0 Å². The lowest BCUT2D eigenvalue weighted by Crippen LogP contribution is -2.49. The Kier molecular flexibility index (Phi) is 7.68. The number of likely N-dealkylation sites (tertiary alicyclic amines) is 1. The van der Waals surface area contributed by atoms with Gasteiger partial charge in [0.05, 0.1) is 28.6 Å². The van der Waals surface area contributed by atoms with Crippen molar-refractivity contribution in [2.24, 2.45) is 0 Å². The molecule has 1 amide bonds. The van der Waals surface area contributed by atoms with E-state index in [-0.39, 0.29) is 22.4 Å². The summed E-state index contributed by atoms with van der Waals surface area (Å²) < 4.78 is 19.2. The minimum Gasteiger partial charge on any atom is -0.462 e. The maximum Gasteiger partial charge on any atom is 0.339 e. The van der Waals surface area contributed by atoms with E-state index in [0.29, 0.717) is 43.2 Å². The zero-order chi connectivity index (χ0) is 28.6. The highest BCUT2D eigenvalue weighted by Gasteiger charge is 2.39. The second kappa shape index (κ2) is 11.0. The molecule has 2 aliphatic rings. The zero-order valence-corrected chi connectivity index (χ0v) is 23.9. The third-order valence-corrected chi connectivity index (χ3v) is 7.95. The summed E-state index contributed by atoms with van der Waals surface area (Å²) >= 11 is 5.89. The van der Waals surface area contributed by atoms with Gasteiger partial charge in [0.1, 0.15) is 17.3 Å². The normalized spacial score (nSPS) is 17.9. The Hall–Kier alpha value is -3.72. The number of piperidine rings is 1. The second-order valence-electron chi connectivity index (χ2n) is 10.9. The van der Waals surface area contributed by atoms with Gasteiger partial charge in [0.15, 0.2) is 0 Å². The van der Waals surface area contributed by atoms with E-state index in [2.05, 4.69) is 23.7 Å². The van der Waals surface area contributed by atoms with Crippen LogP contribution in [0.15, 0.2) is 48.7 Å². The number of ether oxygens (including phenoxy) is 1. The number of rotatable bonds is 6. The molecule has 1 atom stereocenters. The number of benzene rings is 1. The first kappa shape index (κ1) is 27.8. The summed E-state index contributed by atoms with van der Waals surface area (Å²) in [7, 11) is 1.95. The van der Waals surface area contributed by atoms with E-state index in [0.717, 1.165) is 30.0 Å². The van der Waals surface area contributed by atoms with Crippen molar-refractivity contribution in [1.82, 2.24) is 14.9 Å². The van der Waals surface area contributed by atoms with Gasteiger partial charge in [-0.1, -0.05) is 25.4 Å². The van der Waals surface area contributed by atoms with Crippen molar-refractivity contribution < 1.29 is 18.7 Å². The number of fused-ring (bicyclic) bond motifs is 1. The summed E-state index contributed by atoms with van der Waals surface area (Å²) in [5, 5.41) is 0.0800. The van der Waals surface area contributed by atoms with Gasteiger partial charge in [0, 0.05) is 50.0 Å². The number of anilines is 3. The molecule has 1 saturated heterocycles.